The van der Waals surface area contributed by atoms with E-state index in [0.29, 0.717) is 11.3 Å². The number of fused-ring (bicyclic) bond motifs is 2. The van der Waals surface area contributed by atoms with Crippen LogP contribution >= 0.6 is 0 Å². The largest absolute Gasteiger partial charge is 0.410 e. The van der Waals surface area contributed by atoms with E-state index >= 15 is 0 Å². The fraction of sp³-hybridized carbons (Fsp3) is 0.263. The molecule has 2 aromatic carbocycles. The first-order valence-corrected chi connectivity index (χ1v) is 8.53. The van der Waals surface area contributed by atoms with Crippen LogP contribution in [0.15, 0.2) is 35.5 Å². The van der Waals surface area contributed by atoms with Gasteiger partial charge in [-0.25, -0.2) is 4.39 Å². The summed E-state index contributed by atoms with van der Waals surface area (Å²) in [5.41, 5.74) is 5.40. The van der Waals surface area contributed by atoms with Crippen molar-refractivity contribution >= 4 is 30.6 Å². The summed E-state index contributed by atoms with van der Waals surface area (Å²) >= 11 is 0. The average molecular weight is 336 g/mol. The first kappa shape index (κ1) is 15.9. The van der Waals surface area contributed by atoms with E-state index in [1.165, 1.54) is 6.07 Å². The van der Waals surface area contributed by atoms with Crippen molar-refractivity contribution < 1.29 is 14.4 Å². The van der Waals surface area contributed by atoms with Gasteiger partial charge < -0.3 is 10.1 Å². The lowest BCUT2D eigenvalue weighted by Gasteiger charge is -2.23. The molecular weight excluding hydrogens is 318 g/mol. The van der Waals surface area contributed by atoms with Crippen molar-refractivity contribution in [3.05, 3.63) is 58.4 Å². The molecule has 0 bridgehead atoms. The third-order valence-electron chi connectivity index (χ3n) is 5.10. The smallest absolute Gasteiger partial charge is 0.281 e. The summed E-state index contributed by atoms with van der Waals surface area (Å²) in [7, 11) is 1.92. The van der Waals surface area contributed by atoms with Crippen LogP contribution in [0.2, 0.25) is 0 Å². The molecule has 1 aliphatic carbocycles. The number of carbonyl (C=O) groups is 1. The minimum Gasteiger partial charge on any atom is -0.410 e. The van der Waals surface area contributed by atoms with Gasteiger partial charge in [0.25, 0.3) is 5.91 Å². The van der Waals surface area contributed by atoms with Crippen molar-refractivity contribution in [3.8, 4) is 0 Å². The summed E-state index contributed by atoms with van der Waals surface area (Å²) in [5.74, 6) is -0.612. The minimum absolute atomic E-state index is 0.0453. The van der Waals surface area contributed by atoms with Gasteiger partial charge in [0, 0.05) is 5.56 Å². The maximum Gasteiger partial charge on any atom is 0.281 e. The SMILES string of the molecule is Bc1ccc2c(c1)/C(=N/O)C(=O)N2Cc1cc(F)cc2c1CCCC2. The molecular formula is C19H18BFN2O2. The Labute approximate surface area is 146 Å². The topological polar surface area (TPSA) is 52.9 Å². The highest BCUT2D eigenvalue weighted by Crippen LogP contribution is 2.33. The molecule has 4 rings (SSSR count). The summed E-state index contributed by atoms with van der Waals surface area (Å²) in [5, 5.41) is 12.5. The van der Waals surface area contributed by atoms with Crippen LogP contribution in [-0.2, 0) is 24.2 Å². The molecule has 1 aliphatic heterocycles. The number of hydrogen-bond donors (Lipinski definition) is 1. The van der Waals surface area contributed by atoms with Crippen LogP contribution < -0.4 is 10.4 Å². The van der Waals surface area contributed by atoms with Crippen LogP contribution in [0.1, 0.15) is 35.1 Å². The van der Waals surface area contributed by atoms with Crippen molar-refractivity contribution in [2.45, 2.75) is 32.2 Å². The average Bonchev–Trinajstić information content (AvgIpc) is 2.85. The van der Waals surface area contributed by atoms with Gasteiger partial charge in [0.2, 0.25) is 0 Å². The van der Waals surface area contributed by atoms with Gasteiger partial charge in [0.05, 0.1) is 12.2 Å². The van der Waals surface area contributed by atoms with E-state index in [-0.39, 0.29) is 24.0 Å². The van der Waals surface area contributed by atoms with E-state index < -0.39 is 0 Å². The monoisotopic (exact) mass is 336 g/mol. The Bertz CT molecular complexity index is 911. The van der Waals surface area contributed by atoms with E-state index in [9.17, 15) is 14.4 Å². The van der Waals surface area contributed by atoms with Gasteiger partial charge in [0.1, 0.15) is 13.7 Å². The first-order chi connectivity index (χ1) is 12.1. The number of rotatable bonds is 2. The third-order valence-corrected chi connectivity index (χ3v) is 5.10. The highest BCUT2D eigenvalue weighted by atomic mass is 19.1. The van der Waals surface area contributed by atoms with Crippen molar-refractivity contribution in [1.29, 1.82) is 0 Å². The van der Waals surface area contributed by atoms with Crippen LogP contribution in [0, 0.1) is 5.82 Å². The van der Waals surface area contributed by atoms with Gasteiger partial charge >= 0.3 is 0 Å². The quantitative estimate of drug-likeness (QED) is 0.516. The number of amides is 1. The van der Waals surface area contributed by atoms with Crippen LogP contribution in [0.5, 0.6) is 0 Å². The van der Waals surface area contributed by atoms with Gasteiger partial charge in [-0.1, -0.05) is 22.8 Å². The molecule has 0 unspecified atom stereocenters. The second-order valence-electron chi connectivity index (χ2n) is 6.77. The molecule has 0 atom stereocenters. The number of nitrogens with zero attached hydrogens (tertiary/aromatic N) is 2. The molecule has 6 heteroatoms. The Morgan fingerprint density at radius 3 is 2.80 bits per heavy atom. The summed E-state index contributed by atoms with van der Waals surface area (Å²) in [6.45, 7) is 0.286. The van der Waals surface area contributed by atoms with Crippen LogP contribution in [-0.4, -0.2) is 24.7 Å². The molecule has 1 amide bonds. The molecule has 4 nitrogen and oxygen atoms in total. The van der Waals surface area contributed by atoms with Crippen LogP contribution in [0.4, 0.5) is 10.1 Å². The predicted molar refractivity (Wildman–Crippen MR) is 97.2 cm³/mol. The molecule has 25 heavy (non-hydrogen) atoms. The summed E-state index contributed by atoms with van der Waals surface area (Å²) in [6.07, 6.45) is 3.95. The minimum atomic E-state index is -0.350. The maximum atomic E-state index is 14.1. The van der Waals surface area contributed by atoms with E-state index in [2.05, 4.69) is 5.16 Å². The highest BCUT2D eigenvalue weighted by molar-refractivity contribution is 6.54. The predicted octanol–water partition coefficient (Wildman–Crippen LogP) is 1.69. The third kappa shape index (κ3) is 2.62. The number of benzene rings is 2. The number of carbonyl (C=O) groups excluding carboxylic acids is 1. The van der Waals surface area contributed by atoms with E-state index in [0.717, 1.165) is 47.8 Å². The van der Waals surface area contributed by atoms with Crippen molar-refractivity contribution in [2.75, 3.05) is 4.90 Å². The van der Waals surface area contributed by atoms with Gasteiger partial charge in [-0.2, -0.15) is 0 Å². The van der Waals surface area contributed by atoms with Gasteiger partial charge in [-0.3, -0.25) is 4.79 Å². The first-order valence-electron chi connectivity index (χ1n) is 8.53. The zero-order valence-corrected chi connectivity index (χ0v) is 14.1. The molecule has 0 fully saturated rings. The summed E-state index contributed by atoms with van der Waals surface area (Å²) in [6, 6.07) is 8.75. The number of halogens is 1. The number of oxime groups is 1. The van der Waals surface area contributed by atoms with Crippen molar-refractivity contribution in [2.24, 2.45) is 5.16 Å². The number of anilines is 1. The Hall–Kier alpha value is -2.63. The Kier molecular flexibility index (Phi) is 3.83. The molecule has 126 valence electrons. The highest BCUT2D eigenvalue weighted by Gasteiger charge is 2.35. The Morgan fingerprint density at radius 2 is 2.00 bits per heavy atom. The fourth-order valence-corrected chi connectivity index (χ4v) is 3.91. The zero-order valence-electron chi connectivity index (χ0n) is 14.1. The Balaban J connectivity index is 1.78. The van der Waals surface area contributed by atoms with Crippen molar-refractivity contribution in [1.82, 2.24) is 0 Å². The molecule has 0 spiro atoms. The second kappa shape index (κ2) is 6.03. The molecule has 0 saturated carbocycles. The molecule has 2 aliphatic rings. The standard InChI is InChI=1S/C19H18BFN2O2/c20-13-5-6-17-16(9-13)18(22-25)19(24)23(17)10-12-8-14(21)7-11-3-1-2-4-15(11)12/h5-9,25H,1-4,10,20H2/b22-18-. The van der Waals surface area contributed by atoms with E-state index in [1.54, 1.807) is 11.0 Å². The maximum absolute atomic E-state index is 14.1. The van der Waals surface area contributed by atoms with Gasteiger partial charge in [0.15, 0.2) is 5.71 Å². The Morgan fingerprint density at radius 1 is 1.20 bits per heavy atom. The summed E-state index contributed by atoms with van der Waals surface area (Å²) in [4.78, 5) is 14.3. The lowest BCUT2D eigenvalue weighted by molar-refractivity contribution is -0.112. The lowest BCUT2D eigenvalue weighted by Crippen LogP contribution is -2.30. The summed E-state index contributed by atoms with van der Waals surface area (Å²) < 4.78 is 14.1. The normalized spacial score (nSPS) is 17.7. The van der Waals surface area contributed by atoms with Crippen LogP contribution in [0.25, 0.3) is 0 Å². The fourth-order valence-electron chi connectivity index (χ4n) is 3.91. The molecule has 0 radical (unpaired) electrons. The number of hydrogen-bond acceptors (Lipinski definition) is 3. The molecule has 2 aromatic rings. The zero-order chi connectivity index (χ0) is 17.6. The number of aryl methyl sites for hydroxylation is 1. The van der Waals surface area contributed by atoms with Gasteiger partial charge in [-0.05, 0) is 60.6 Å². The van der Waals surface area contributed by atoms with Crippen LogP contribution in [0.3, 0.4) is 0 Å². The second-order valence-corrected chi connectivity index (χ2v) is 6.77. The van der Waals surface area contributed by atoms with Gasteiger partial charge in [-0.15, -0.1) is 0 Å². The molecule has 0 aromatic heterocycles. The lowest BCUT2D eigenvalue weighted by atomic mass is 9.88. The van der Waals surface area contributed by atoms with E-state index in [4.69, 9.17) is 0 Å². The molecule has 1 heterocycles. The molecule has 0 saturated heterocycles. The van der Waals surface area contributed by atoms with E-state index in [1.807, 2.05) is 26.0 Å². The molecule has 1 N–H and O–H groups in total. The van der Waals surface area contributed by atoms with Crippen molar-refractivity contribution in [3.63, 3.8) is 0 Å².